The third-order valence-corrected chi connectivity index (χ3v) is 3.24. The van der Waals surface area contributed by atoms with Crippen molar-refractivity contribution >= 4 is 28.1 Å². The molecule has 0 fully saturated rings. The zero-order valence-corrected chi connectivity index (χ0v) is 11.4. The number of anilines is 1. The molecule has 1 N–H and O–H groups in total. The Morgan fingerprint density at radius 1 is 1.00 bits per heavy atom. The second-order valence-corrected chi connectivity index (χ2v) is 4.60. The van der Waals surface area contributed by atoms with Crippen molar-refractivity contribution in [3.8, 4) is 0 Å². The highest BCUT2D eigenvalue weighted by Crippen LogP contribution is 2.30. The number of hydrogen-bond acceptors (Lipinski definition) is 4. The molecule has 22 heavy (non-hydrogen) atoms. The smallest absolute Gasteiger partial charge is 0.277 e. The SMILES string of the molecule is O=C(Nc1cccc2c([N+](=O)[O-])cccc12)c1ccccn1. The molecular formula is C16H11N3O3. The third-order valence-electron chi connectivity index (χ3n) is 3.24. The second kappa shape index (κ2) is 5.61. The van der Waals surface area contributed by atoms with Gasteiger partial charge in [-0.1, -0.05) is 24.3 Å². The van der Waals surface area contributed by atoms with Crippen LogP contribution in [0, 0.1) is 10.1 Å². The largest absolute Gasteiger partial charge is 0.320 e. The lowest BCUT2D eigenvalue weighted by Crippen LogP contribution is -2.13. The van der Waals surface area contributed by atoms with Gasteiger partial charge >= 0.3 is 0 Å². The van der Waals surface area contributed by atoms with E-state index in [9.17, 15) is 14.9 Å². The molecule has 0 atom stereocenters. The molecule has 0 aliphatic rings. The number of benzene rings is 2. The molecule has 6 heteroatoms. The average molecular weight is 293 g/mol. The van der Waals surface area contributed by atoms with Gasteiger partial charge < -0.3 is 5.32 Å². The van der Waals surface area contributed by atoms with E-state index in [1.165, 1.54) is 12.3 Å². The summed E-state index contributed by atoms with van der Waals surface area (Å²) >= 11 is 0. The predicted octanol–water partition coefficient (Wildman–Crippen LogP) is 3.40. The van der Waals surface area contributed by atoms with Crippen LogP contribution in [-0.4, -0.2) is 15.8 Å². The quantitative estimate of drug-likeness (QED) is 0.592. The van der Waals surface area contributed by atoms with Crippen molar-refractivity contribution < 1.29 is 9.72 Å². The van der Waals surface area contributed by atoms with E-state index in [1.54, 1.807) is 48.5 Å². The van der Waals surface area contributed by atoms with Crippen molar-refractivity contribution in [3.63, 3.8) is 0 Å². The minimum atomic E-state index is -0.438. The Labute approximate surface area is 125 Å². The van der Waals surface area contributed by atoms with E-state index in [-0.39, 0.29) is 17.3 Å². The molecule has 0 radical (unpaired) electrons. The molecule has 108 valence electrons. The van der Waals surface area contributed by atoms with Crippen LogP contribution in [0.25, 0.3) is 10.8 Å². The lowest BCUT2D eigenvalue weighted by atomic mass is 10.1. The molecule has 0 spiro atoms. The van der Waals surface area contributed by atoms with E-state index in [0.29, 0.717) is 16.5 Å². The number of aromatic nitrogens is 1. The van der Waals surface area contributed by atoms with Crippen LogP contribution >= 0.6 is 0 Å². The Hall–Kier alpha value is -3.28. The summed E-state index contributed by atoms with van der Waals surface area (Å²) < 4.78 is 0. The zero-order chi connectivity index (χ0) is 15.5. The normalized spacial score (nSPS) is 10.4. The van der Waals surface area contributed by atoms with Crippen LogP contribution in [0.2, 0.25) is 0 Å². The summed E-state index contributed by atoms with van der Waals surface area (Å²) in [6.07, 6.45) is 1.53. The summed E-state index contributed by atoms with van der Waals surface area (Å²) in [5, 5.41) is 14.9. The third kappa shape index (κ3) is 2.49. The Bertz CT molecular complexity index is 863. The molecule has 0 aliphatic heterocycles. The van der Waals surface area contributed by atoms with Gasteiger partial charge in [-0.2, -0.15) is 0 Å². The number of carbonyl (C=O) groups excluding carboxylic acids is 1. The molecular weight excluding hydrogens is 282 g/mol. The highest BCUT2D eigenvalue weighted by atomic mass is 16.6. The lowest BCUT2D eigenvalue weighted by Gasteiger charge is -2.08. The van der Waals surface area contributed by atoms with Gasteiger partial charge in [-0.05, 0) is 24.3 Å². The molecule has 3 aromatic rings. The summed E-state index contributed by atoms with van der Waals surface area (Å²) in [6.45, 7) is 0. The Kier molecular flexibility index (Phi) is 3.49. The van der Waals surface area contributed by atoms with Crippen LogP contribution in [0.15, 0.2) is 60.8 Å². The number of non-ortho nitro benzene ring substituents is 1. The van der Waals surface area contributed by atoms with Gasteiger partial charge in [0.05, 0.1) is 10.3 Å². The molecule has 0 saturated heterocycles. The van der Waals surface area contributed by atoms with Gasteiger partial charge in [0.2, 0.25) is 0 Å². The van der Waals surface area contributed by atoms with E-state index >= 15 is 0 Å². The summed E-state index contributed by atoms with van der Waals surface area (Å²) in [5.41, 5.74) is 0.799. The highest BCUT2D eigenvalue weighted by molar-refractivity contribution is 6.09. The molecule has 0 unspecified atom stereocenters. The Morgan fingerprint density at radius 2 is 1.77 bits per heavy atom. The fourth-order valence-corrected chi connectivity index (χ4v) is 2.25. The van der Waals surface area contributed by atoms with E-state index in [0.717, 1.165) is 0 Å². The van der Waals surface area contributed by atoms with E-state index < -0.39 is 4.92 Å². The maximum Gasteiger partial charge on any atom is 0.277 e. The molecule has 0 saturated carbocycles. The van der Waals surface area contributed by atoms with Gasteiger partial charge in [0.1, 0.15) is 5.69 Å². The first kappa shape index (κ1) is 13.7. The van der Waals surface area contributed by atoms with Crippen molar-refractivity contribution in [2.45, 2.75) is 0 Å². The van der Waals surface area contributed by atoms with Gasteiger partial charge in [0, 0.05) is 23.3 Å². The summed E-state index contributed by atoms with van der Waals surface area (Å²) in [6, 6.07) is 14.8. The molecule has 1 aromatic heterocycles. The van der Waals surface area contributed by atoms with Crippen molar-refractivity contribution in [2.75, 3.05) is 5.32 Å². The number of nitro benzene ring substituents is 1. The number of rotatable bonds is 3. The van der Waals surface area contributed by atoms with E-state index in [1.807, 2.05) is 0 Å². The molecule has 0 aliphatic carbocycles. The highest BCUT2D eigenvalue weighted by Gasteiger charge is 2.14. The zero-order valence-electron chi connectivity index (χ0n) is 11.4. The summed E-state index contributed by atoms with van der Waals surface area (Å²) in [7, 11) is 0. The first-order valence-electron chi connectivity index (χ1n) is 6.55. The van der Waals surface area contributed by atoms with Crippen LogP contribution in [0.5, 0.6) is 0 Å². The van der Waals surface area contributed by atoms with E-state index in [2.05, 4.69) is 10.3 Å². The number of nitrogens with zero attached hydrogens (tertiary/aromatic N) is 2. The Balaban J connectivity index is 2.03. The number of carbonyl (C=O) groups is 1. The number of nitrogens with one attached hydrogen (secondary N) is 1. The predicted molar refractivity (Wildman–Crippen MR) is 82.8 cm³/mol. The van der Waals surface area contributed by atoms with Gasteiger partial charge in [-0.15, -0.1) is 0 Å². The molecule has 3 rings (SSSR count). The Morgan fingerprint density at radius 3 is 2.50 bits per heavy atom. The van der Waals surface area contributed by atoms with Gasteiger partial charge in [0.25, 0.3) is 11.6 Å². The number of fused-ring (bicyclic) bond motifs is 1. The maximum atomic E-state index is 12.2. The van der Waals surface area contributed by atoms with Gasteiger partial charge in [0.15, 0.2) is 0 Å². The molecule has 2 aromatic carbocycles. The molecule has 6 nitrogen and oxygen atoms in total. The van der Waals surface area contributed by atoms with Gasteiger partial charge in [-0.25, -0.2) is 0 Å². The lowest BCUT2D eigenvalue weighted by molar-refractivity contribution is -0.383. The van der Waals surface area contributed by atoms with Gasteiger partial charge in [-0.3, -0.25) is 19.9 Å². The maximum absolute atomic E-state index is 12.2. The summed E-state index contributed by atoms with van der Waals surface area (Å²) in [5.74, 6) is -0.361. The fourth-order valence-electron chi connectivity index (χ4n) is 2.25. The van der Waals surface area contributed by atoms with Crippen molar-refractivity contribution in [1.82, 2.24) is 4.98 Å². The standard InChI is InChI=1S/C16H11N3O3/c20-16(14-7-1-2-10-17-14)18-13-8-3-6-12-11(13)5-4-9-15(12)19(21)22/h1-10H,(H,18,20). The second-order valence-electron chi connectivity index (χ2n) is 4.60. The number of nitro groups is 1. The fraction of sp³-hybridized carbons (Fsp3) is 0. The van der Waals surface area contributed by atoms with Crippen LogP contribution < -0.4 is 5.32 Å². The van der Waals surface area contributed by atoms with Crippen LogP contribution in [-0.2, 0) is 0 Å². The number of amides is 1. The van der Waals surface area contributed by atoms with Crippen molar-refractivity contribution in [3.05, 3.63) is 76.6 Å². The van der Waals surface area contributed by atoms with Crippen LogP contribution in [0.1, 0.15) is 10.5 Å². The first-order valence-corrected chi connectivity index (χ1v) is 6.55. The number of hydrogen-bond donors (Lipinski definition) is 1. The minimum Gasteiger partial charge on any atom is -0.320 e. The minimum absolute atomic E-state index is 0.00596. The number of pyridine rings is 1. The van der Waals surface area contributed by atoms with Crippen molar-refractivity contribution in [2.24, 2.45) is 0 Å². The molecule has 1 amide bonds. The van der Waals surface area contributed by atoms with Crippen molar-refractivity contribution in [1.29, 1.82) is 0 Å². The average Bonchev–Trinajstić information content (AvgIpc) is 2.55. The van der Waals surface area contributed by atoms with Crippen LogP contribution in [0.3, 0.4) is 0 Å². The van der Waals surface area contributed by atoms with Crippen LogP contribution in [0.4, 0.5) is 11.4 Å². The summed E-state index contributed by atoms with van der Waals surface area (Å²) in [4.78, 5) is 26.8. The van der Waals surface area contributed by atoms with E-state index in [4.69, 9.17) is 0 Å². The first-order chi connectivity index (χ1) is 10.7. The molecule has 1 heterocycles. The molecule has 0 bridgehead atoms. The monoisotopic (exact) mass is 293 g/mol. The topological polar surface area (TPSA) is 85.1 Å².